The fourth-order valence-corrected chi connectivity index (χ4v) is 0.808. The average Bonchev–Trinajstić information content (AvgIpc) is 2.34. The lowest BCUT2D eigenvalue weighted by Crippen LogP contribution is -2.06. The molecule has 0 aromatic carbocycles. The summed E-state index contributed by atoms with van der Waals surface area (Å²) >= 11 is 0. The first-order chi connectivity index (χ1) is 5.66. The highest BCUT2D eigenvalue weighted by Crippen LogP contribution is 2.11. The molecule has 0 fully saturated rings. The molecule has 0 bridgehead atoms. The lowest BCUT2D eigenvalue weighted by molar-refractivity contribution is 0.0514. The molecule has 1 rings (SSSR count). The van der Waals surface area contributed by atoms with Crippen LogP contribution in [0.2, 0.25) is 0 Å². The standard InChI is InChI=1S/C8H11NO3/c1-4-11-8(10)7-5(2)6(3)12-9-7/h4H2,1-3H3. The van der Waals surface area contributed by atoms with Gasteiger partial charge in [0.2, 0.25) is 0 Å². The molecule has 0 atom stereocenters. The van der Waals surface area contributed by atoms with Gasteiger partial charge in [0.1, 0.15) is 5.76 Å². The molecule has 4 heteroatoms. The number of carbonyl (C=O) groups excluding carboxylic acids is 1. The van der Waals surface area contributed by atoms with Crippen LogP contribution in [-0.4, -0.2) is 17.7 Å². The maximum absolute atomic E-state index is 11.1. The highest BCUT2D eigenvalue weighted by atomic mass is 16.5. The Labute approximate surface area is 70.5 Å². The van der Waals surface area contributed by atoms with Crippen molar-refractivity contribution in [3.05, 3.63) is 17.0 Å². The Morgan fingerprint density at radius 1 is 1.58 bits per heavy atom. The molecule has 0 spiro atoms. The molecule has 66 valence electrons. The SMILES string of the molecule is CCOC(=O)c1noc(C)c1C. The summed E-state index contributed by atoms with van der Waals surface area (Å²) in [5.41, 5.74) is 1.02. The fraction of sp³-hybridized carbons (Fsp3) is 0.500. The van der Waals surface area contributed by atoms with E-state index in [4.69, 9.17) is 9.26 Å². The van der Waals surface area contributed by atoms with Crippen molar-refractivity contribution < 1.29 is 14.1 Å². The molecular formula is C8H11NO3. The van der Waals surface area contributed by atoms with Crippen molar-refractivity contribution in [1.29, 1.82) is 0 Å². The van der Waals surface area contributed by atoms with Gasteiger partial charge in [-0.1, -0.05) is 5.16 Å². The van der Waals surface area contributed by atoms with Gasteiger partial charge in [0.15, 0.2) is 5.69 Å². The monoisotopic (exact) mass is 169 g/mol. The van der Waals surface area contributed by atoms with Gasteiger partial charge < -0.3 is 9.26 Å². The van der Waals surface area contributed by atoms with Crippen molar-refractivity contribution in [3.63, 3.8) is 0 Å². The maximum atomic E-state index is 11.1. The quantitative estimate of drug-likeness (QED) is 0.629. The topological polar surface area (TPSA) is 52.3 Å². The van der Waals surface area contributed by atoms with Crippen molar-refractivity contribution in [1.82, 2.24) is 5.16 Å². The fourth-order valence-electron chi connectivity index (χ4n) is 0.808. The van der Waals surface area contributed by atoms with E-state index in [1.54, 1.807) is 20.8 Å². The van der Waals surface area contributed by atoms with Gasteiger partial charge in [-0.05, 0) is 20.8 Å². The van der Waals surface area contributed by atoms with Gasteiger partial charge in [-0.3, -0.25) is 0 Å². The van der Waals surface area contributed by atoms with E-state index < -0.39 is 5.97 Å². The van der Waals surface area contributed by atoms with Gasteiger partial charge in [0.25, 0.3) is 0 Å². The van der Waals surface area contributed by atoms with Gasteiger partial charge in [0.05, 0.1) is 6.61 Å². The molecule has 1 heterocycles. The minimum atomic E-state index is -0.424. The zero-order valence-corrected chi connectivity index (χ0v) is 7.38. The highest BCUT2D eigenvalue weighted by molar-refractivity contribution is 5.88. The van der Waals surface area contributed by atoms with Gasteiger partial charge in [-0.2, -0.15) is 0 Å². The molecule has 0 aliphatic carbocycles. The summed E-state index contributed by atoms with van der Waals surface area (Å²) in [6.45, 7) is 5.63. The number of carbonyl (C=O) groups is 1. The van der Waals surface area contributed by atoms with E-state index in [1.807, 2.05) is 0 Å². The van der Waals surface area contributed by atoms with E-state index >= 15 is 0 Å². The number of aryl methyl sites for hydroxylation is 1. The largest absolute Gasteiger partial charge is 0.461 e. The van der Waals surface area contributed by atoms with Crippen LogP contribution in [-0.2, 0) is 4.74 Å². The Balaban J connectivity index is 2.88. The molecule has 0 saturated heterocycles. The molecule has 0 N–H and O–H groups in total. The number of hydrogen-bond acceptors (Lipinski definition) is 4. The number of hydrogen-bond donors (Lipinski definition) is 0. The van der Waals surface area contributed by atoms with Crippen LogP contribution in [0, 0.1) is 13.8 Å². The lowest BCUT2D eigenvalue weighted by atomic mass is 10.2. The van der Waals surface area contributed by atoms with Gasteiger partial charge >= 0.3 is 5.97 Å². The highest BCUT2D eigenvalue weighted by Gasteiger charge is 2.16. The molecule has 0 radical (unpaired) electrons. The number of rotatable bonds is 2. The zero-order valence-electron chi connectivity index (χ0n) is 7.38. The third-order valence-corrected chi connectivity index (χ3v) is 1.63. The Kier molecular flexibility index (Phi) is 2.47. The van der Waals surface area contributed by atoms with Crippen molar-refractivity contribution in [2.75, 3.05) is 6.61 Å². The van der Waals surface area contributed by atoms with E-state index in [2.05, 4.69) is 5.16 Å². The number of aromatic nitrogens is 1. The Morgan fingerprint density at radius 2 is 2.25 bits per heavy atom. The number of ether oxygens (including phenoxy) is 1. The van der Waals surface area contributed by atoms with Crippen LogP contribution in [0.1, 0.15) is 28.7 Å². The van der Waals surface area contributed by atoms with Crippen LogP contribution >= 0.6 is 0 Å². The molecule has 12 heavy (non-hydrogen) atoms. The van der Waals surface area contributed by atoms with E-state index in [1.165, 1.54) is 0 Å². The van der Waals surface area contributed by atoms with Gasteiger partial charge in [-0.25, -0.2) is 4.79 Å². The van der Waals surface area contributed by atoms with E-state index in [-0.39, 0.29) is 5.69 Å². The van der Waals surface area contributed by atoms with Crippen LogP contribution in [0.5, 0.6) is 0 Å². The van der Waals surface area contributed by atoms with Gasteiger partial charge in [0, 0.05) is 5.56 Å². The van der Waals surface area contributed by atoms with E-state index in [0.29, 0.717) is 12.4 Å². The minimum Gasteiger partial charge on any atom is -0.461 e. The van der Waals surface area contributed by atoms with Crippen LogP contribution in [0.3, 0.4) is 0 Å². The molecular weight excluding hydrogens is 158 g/mol. The predicted octanol–water partition coefficient (Wildman–Crippen LogP) is 1.47. The Bertz CT molecular complexity index is 290. The van der Waals surface area contributed by atoms with Crippen LogP contribution < -0.4 is 0 Å². The van der Waals surface area contributed by atoms with Crippen LogP contribution in [0.25, 0.3) is 0 Å². The molecule has 0 saturated carbocycles. The maximum Gasteiger partial charge on any atom is 0.360 e. The first-order valence-corrected chi connectivity index (χ1v) is 3.76. The summed E-state index contributed by atoms with van der Waals surface area (Å²) in [4.78, 5) is 11.1. The zero-order chi connectivity index (χ0) is 9.14. The number of esters is 1. The normalized spacial score (nSPS) is 9.92. The molecule has 0 aliphatic heterocycles. The first-order valence-electron chi connectivity index (χ1n) is 3.76. The van der Waals surface area contributed by atoms with Gasteiger partial charge in [-0.15, -0.1) is 0 Å². The third-order valence-electron chi connectivity index (χ3n) is 1.63. The first kappa shape index (κ1) is 8.77. The smallest absolute Gasteiger partial charge is 0.360 e. The molecule has 0 amide bonds. The molecule has 1 aromatic heterocycles. The lowest BCUT2D eigenvalue weighted by Gasteiger charge is -1.96. The van der Waals surface area contributed by atoms with Crippen molar-refractivity contribution in [2.45, 2.75) is 20.8 Å². The summed E-state index contributed by atoms with van der Waals surface area (Å²) < 4.78 is 9.57. The summed E-state index contributed by atoms with van der Waals surface area (Å²) in [6, 6.07) is 0. The van der Waals surface area contributed by atoms with E-state index in [0.717, 1.165) is 5.56 Å². The van der Waals surface area contributed by atoms with Crippen molar-refractivity contribution in [2.24, 2.45) is 0 Å². The Morgan fingerprint density at radius 3 is 2.67 bits per heavy atom. The molecule has 0 unspecified atom stereocenters. The van der Waals surface area contributed by atoms with Crippen LogP contribution in [0.4, 0.5) is 0 Å². The summed E-state index contributed by atoms with van der Waals surface area (Å²) in [7, 11) is 0. The predicted molar refractivity (Wildman–Crippen MR) is 41.9 cm³/mol. The minimum absolute atomic E-state index is 0.273. The summed E-state index contributed by atoms with van der Waals surface area (Å²) in [5, 5.41) is 3.58. The molecule has 4 nitrogen and oxygen atoms in total. The number of nitrogens with zero attached hydrogens (tertiary/aromatic N) is 1. The van der Waals surface area contributed by atoms with E-state index in [9.17, 15) is 4.79 Å². The summed E-state index contributed by atoms with van der Waals surface area (Å²) in [5.74, 6) is 0.227. The summed E-state index contributed by atoms with van der Waals surface area (Å²) in [6.07, 6.45) is 0. The molecule has 0 aliphatic rings. The van der Waals surface area contributed by atoms with Crippen LogP contribution in [0.15, 0.2) is 4.52 Å². The van der Waals surface area contributed by atoms with Crippen molar-refractivity contribution >= 4 is 5.97 Å². The second-order valence-corrected chi connectivity index (χ2v) is 2.43. The third kappa shape index (κ3) is 1.47. The second-order valence-electron chi connectivity index (χ2n) is 2.43. The molecule has 1 aromatic rings. The second kappa shape index (κ2) is 3.38. The Hall–Kier alpha value is -1.32. The average molecular weight is 169 g/mol. The van der Waals surface area contributed by atoms with Crippen molar-refractivity contribution in [3.8, 4) is 0 Å².